The number of ether oxygens (including phenoxy) is 1. The number of benzene rings is 3. The van der Waals surface area contributed by atoms with Gasteiger partial charge in [-0.3, -0.25) is 4.79 Å². The highest BCUT2D eigenvalue weighted by Gasteiger charge is 2.18. The van der Waals surface area contributed by atoms with Gasteiger partial charge in [-0.15, -0.1) is 10.2 Å². The van der Waals surface area contributed by atoms with E-state index in [4.69, 9.17) is 4.74 Å². The van der Waals surface area contributed by atoms with E-state index < -0.39 is 0 Å². The second kappa shape index (κ2) is 10.7. The number of thioether (sulfide) groups is 1. The van der Waals surface area contributed by atoms with Crippen LogP contribution in [0.2, 0.25) is 0 Å². The van der Waals surface area contributed by atoms with Gasteiger partial charge >= 0.3 is 0 Å². The maximum atomic E-state index is 12.5. The van der Waals surface area contributed by atoms with Crippen LogP contribution in [0, 0.1) is 0 Å². The average Bonchev–Trinajstić information content (AvgIpc) is 3.27. The van der Waals surface area contributed by atoms with Crippen LogP contribution in [0.3, 0.4) is 0 Å². The summed E-state index contributed by atoms with van der Waals surface area (Å²) in [6.45, 7) is 6.39. The first kappa shape index (κ1) is 23.8. The molecule has 0 aliphatic carbocycles. The first-order valence-corrected chi connectivity index (χ1v) is 12.6. The van der Waals surface area contributed by atoms with E-state index in [2.05, 4.69) is 41.6 Å². The van der Waals surface area contributed by atoms with Crippen molar-refractivity contribution in [1.29, 1.82) is 0 Å². The van der Waals surface area contributed by atoms with Gasteiger partial charge < -0.3 is 15.4 Å². The molecule has 0 aliphatic rings. The summed E-state index contributed by atoms with van der Waals surface area (Å²) in [6, 6.07) is 25.2. The van der Waals surface area contributed by atoms with Crippen LogP contribution in [-0.4, -0.2) is 21.9 Å². The second-order valence-electron chi connectivity index (χ2n) is 8.57. The summed E-state index contributed by atoms with van der Waals surface area (Å²) in [6.07, 6.45) is 0. The van der Waals surface area contributed by atoms with E-state index in [0.29, 0.717) is 5.13 Å². The molecule has 0 bridgehead atoms. The third-order valence-electron chi connectivity index (χ3n) is 4.83. The number of carbonyl (C=O) groups is 1. The fourth-order valence-corrected chi connectivity index (χ4v) is 4.80. The minimum Gasteiger partial charge on any atom is -0.457 e. The highest BCUT2D eigenvalue weighted by Crippen LogP contribution is 2.31. The van der Waals surface area contributed by atoms with Crippen molar-refractivity contribution in [3.63, 3.8) is 0 Å². The molecule has 0 spiro atoms. The molecule has 0 unspecified atom stereocenters. The molecular weight excluding hydrogens is 464 g/mol. The van der Waals surface area contributed by atoms with Crippen LogP contribution >= 0.6 is 23.1 Å². The third kappa shape index (κ3) is 6.59. The molecule has 4 aromatic rings. The molecule has 2 N–H and O–H groups in total. The lowest BCUT2D eigenvalue weighted by Gasteiger charge is -2.22. The molecule has 0 saturated carbocycles. The summed E-state index contributed by atoms with van der Waals surface area (Å²) in [5, 5.41) is 15.3. The van der Waals surface area contributed by atoms with Crippen LogP contribution in [0.25, 0.3) is 0 Å². The molecule has 0 fully saturated rings. The van der Waals surface area contributed by atoms with Gasteiger partial charge in [0, 0.05) is 11.4 Å². The molecule has 1 amide bonds. The zero-order valence-corrected chi connectivity index (χ0v) is 20.9. The minimum absolute atomic E-state index is 0.0529. The Morgan fingerprint density at radius 3 is 2.32 bits per heavy atom. The van der Waals surface area contributed by atoms with E-state index in [0.717, 1.165) is 32.8 Å². The zero-order valence-electron chi connectivity index (χ0n) is 19.2. The van der Waals surface area contributed by atoms with Crippen molar-refractivity contribution in [2.45, 2.75) is 30.5 Å². The number of nitrogens with one attached hydrogen (secondary N) is 2. The first-order valence-electron chi connectivity index (χ1n) is 10.8. The van der Waals surface area contributed by atoms with E-state index in [1.54, 1.807) is 0 Å². The van der Waals surface area contributed by atoms with Gasteiger partial charge in [0.1, 0.15) is 11.5 Å². The van der Waals surface area contributed by atoms with Gasteiger partial charge in [-0.1, -0.05) is 80.3 Å². The molecule has 174 valence electrons. The van der Waals surface area contributed by atoms with E-state index in [9.17, 15) is 4.79 Å². The summed E-state index contributed by atoms with van der Waals surface area (Å²) in [7, 11) is 0. The van der Waals surface area contributed by atoms with Crippen molar-refractivity contribution < 1.29 is 9.53 Å². The molecule has 0 radical (unpaired) electrons. The van der Waals surface area contributed by atoms with Gasteiger partial charge in [-0.2, -0.15) is 0 Å². The van der Waals surface area contributed by atoms with Crippen molar-refractivity contribution in [3.8, 4) is 11.5 Å². The Bertz CT molecular complexity index is 1240. The van der Waals surface area contributed by atoms with Crippen molar-refractivity contribution in [2.24, 2.45) is 0 Å². The third-order valence-corrected chi connectivity index (χ3v) is 6.80. The Hall–Kier alpha value is -3.36. The van der Waals surface area contributed by atoms with E-state index in [-0.39, 0.29) is 17.1 Å². The Morgan fingerprint density at radius 2 is 1.59 bits per heavy atom. The number of anilines is 3. The number of aromatic nitrogens is 2. The highest BCUT2D eigenvalue weighted by atomic mass is 32.2. The van der Waals surface area contributed by atoms with E-state index in [1.165, 1.54) is 23.1 Å². The van der Waals surface area contributed by atoms with Crippen LogP contribution in [0.15, 0.2) is 83.2 Å². The Morgan fingerprint density at radius 1 is 0.912 bits per heavy atom. The molecule has 1 heterocycles. The fourth-order valence-electron chi connectivity index (χ4n) is 3.23. The molecule has 4 rings (SSSR count). The van der Waals surface area contributed by atoms with Gasteiger partial charge in [0.15, 0.2) is 4.34 Å². The number of para-hydroxylation sites is 2. The van der Waals surface area contributed by atoms with Crippen LogP contribution < -0.4 is 15.4 Å². The predicted molar refractivity (Wildman–Crippen MR) is 141 cm³/mol. The number of nitrogens with zero attached hydrogens (tertiary/aromatic N) is 2. The SMILES string of the molecule is CC(C)(C)c1ccccc1NC(=O)CSc1nnc(Nc2ccc(Oc3ccccc3)cc2)s1. The Kier molecular flexibility index (Phi) is 7.49. The van der Waals surface area contributed by atoms with Gasteiger partial charge in [0.05, 0.1) is 5.75 Å². The standard InChI is InChI=1S/C26H26N4O2S2/c1-26(2,3)21-11-7-8-12-22(21)28-23(31)17-33-25-30-29-24(34-25)27-18-13-15-20(16-14-18)32-19-9-5-4-6-10-19/h4-16H,17H2,1-3H3,(H,27,29)(H,28,31). The molecule has 1 aromatic heterocycles. The maximum absolute atomic E-state index is 12.5. The molecule has 0 saturated heterocycles. The normalized spacial score (nSPS) is 11.1. The molecule has 0 aliphatic heterocycles. The second-order valence-corrected chi connectivity index (χ2v) is 10.8. The summed E-state index contributed by atoms with van der Waals surface area (Å²) in [5.41, 5.74) is 2.78. The predicted octanol–water partition coefficient (Wildman–Crippen LogP) is 7.10. The summed E-state index contributed by atoms with van der Waals surface area (Å²) in [4.78, 5) is 12.5. The van der Waals surface area contributed by atoms with Crippen LogP contribution in [0.1, 0.15) is 26.3 Å². The molecule has 34 heavy (non-hydrogen) atoms. The smallest absolute Gasteiger partial charge is 0.234 e. The number of carbonyl (C=O) groups excluding carboxylic acids is 1. The minimum atomic E-state index is -0.0691. The lowest BCUT2D eigenvalue weighted by atomic mass is 9.86. The van der Waals surface area contributed by atoms with Crippen molar-refractivity contribution in [1.82, 2.24) is 10.2 Å². The van der Waals surface area contributed by atoms with Gasteiger partial charge in [-0.25, -0.2) is 0 Å². The van der Waals surface area contributed by atoms with E-state index in [1.807, 2.05) is 78.9 Å². The Labute approximate surface area is 207 Å². The quantitative estimate of drug-likeness (QED) is 0.257. The zero-order chi connectivity index (χ0) is 24.0. The molecule has 3 aromatic carbocycles. The summed E-state index contributed by atoms with van der Waals surface area (Å²) < 4.78 is 6.54. The summed E-state index contributed by atoms with van der Waals surface area (Å²) in [5.74, 6) is 1.74. The lowest BCUT2D eigenvalue weighted by Crippen LogP contribution is -2.19. The number of hydrogen-bond donors (Lipinski definition) is 2. The van der Waals surface area contributed by atoms with Crippen LogP contribution in [0.5, 0.6) is 11.5 Å². The number of hydrogen-bond acceptors (Lipinski definition) is 7. The lowest BCUT2D eigenvalue weighted by molar-refractivity contribution is -0.113. The summed E-state index contributed by atoms with van der Waals surface area (Å²) >= 11 is 2.78. The average molecular weight is 491 g/mol. The van der Waals surface area contributed by atoms with E-state index >= 15 is 0 Å². The molecular formula is C26H26N4O2S2. The molecule has 0 atom stereocenters. The van der Waals surface area contributed by atoms with Crippen LogP contribution in [-0.2, 0) is 10.2 Å². The van der Waals surface area contributed by atoms with Crippen molar-refractivity contribution >= 4 is 45.5 Å². The number of rotatable bonds is 8. The van der Waals surface area contributed by atoms with Crippen molar-refractivity contribution in [2.75, 3.05) is 16.4 Å². The fraction of sp³-hybridized carbons (Fsp3) is 0.192. The van der Waals surface area contributed by atoms with Crippen LogP contribution in [0.4, 0.5) is 16.5 Å². The Balaban J connectivity index is 1.29. The number of amides is 1. The topological polar surface area (TPSA) is 76.1 Å². The maximum Gasteiger partial charge on any atom is 0.234 e. The van der Waals surface area contributed by atoms with Gasteiger partial charge in [-0.05, 0) is 53.4 Å². The monoisotopic (exact) mass is 490 g/mol. The molecule has 8 heteroatoms. The molecule has 6 nitrogen and oxygen atoms in total. The largest absolute Gasteiger partial charge is 0.457 e. The first-order chi connectivity index (χ1) is 16.4. The van der Waals surface area contributed by atoms with Gasteiger partial charge in [0.25, 0.3) is 0 Å². The highest BCUT2D eigenvalue weighted by molar-refractivity contribution is 8.01. The van der Waals surface area contributed by atoms with Gasteiger partial charge in [0.2, 0.25) is 11.0 Å². The van der Waals surface area contributed by atoms with Crippen molar-refractivity contribution in [3.05, 3.63) is 84.4 Å².